The Balaban J connectivity index is 1.54. The van der Waals surface area contributed by atoms with E-state index in [9.17, 15) is 52.3 Å². The third-order valence-corrected chi connectivity index (χ3v) is 9.35. The van der Waals surface area contributed by atoms with Crippen LogP contribution in [0.3, 0.4) is 0 Å². The van der Waals surface area contributed by atoms with E-state index in [2.05, 4.69) is 26.6 Å². The second-order valence-electron chi connectivity index (χ2n) is 13.7. The van der Waals surface area contributed by atoms with Crippen molar-refractivity contribution < 1.29 is 47.0 Å². The summed E-state index contributed by atoms with van der Waals surface area (Å²) in [5.41, 5.74) is 1.24. The molecule has 0 unspecified atom stereocenters. The number of hydrogen-bond donors (Lipinski definition) is 6. The lowest BCUT2D eigenvalue weighted by molar-refractivity contribution is -0.142. The standard InChI is InChI=1S/C42H39F3N6O7/c43-42(44,45)30-14-10-26(11-15-30)21-33-38(54)49-32(20-25-6-2-1-3-7-25)39(55)51-35(41(57)58)22-27-12-16-31(17-13-27)47-36(52)18-19-37(53)48-34(40(56)50-33)23-28-8-4-5-9-29(28)24-46/h1-17,32-35H,18-23H2,(H,47,52)(H,48,53)(H,49,54)(H,50,56)(H,51,55)(H,57,58)/t32-,33+,34-,35+/m1/s1. The molecule has 0 radical (unpaired) electrons. The van der Waals surface area contributed by atoms with Gasteiger partial charge >= 0.3 is 12.1 Å². The number of halogens is 3. The number of nitrogens with zero attached hydrogens (tertiary/aromatic N) is 1. The summed E-state index contributed by atoms with van der Waals surface area (Å²) in [5, 5.41) is 32.7. The van der Waals surface area contributed by atoms with Crippen molar-refractivity contribution in [3.05, 3.63) is 137 Å². The first-order valence-corrected chi connectivity index (χ1v) is 18.2. The molecule has 2 bridgehead atoms. The SMILES string of the molecule is N#Cc1ccccc1C[C@H]1NC(=O)CCC(=O)Nc2ccc(cc2)C[C@@H](C(=O)O)NC(=O)[C@@H](Cc2ccccc2)NC(=O)[C@H](Cc2ccc(C(F)(F)F)cc2)NC1=O. The van der Waals surface area contributed by atoms with Crippen molar-refractivity contribution in [2.24, 2.45) is 0 Å². The number of fused-ring (bicyclic) bond motifs is 18. The zero-order valence-electron chi connectivity index (χ0n) is 30.8. The fourth-order valence-electron chi connectivity index (χ4n) is 6.26. The quantitative estimate of drug-likeness (QED) is 0.152. The number of carbonyl (C=O) groups is 6. The topological polar surface area (TPSA) is 207 Å². The molecule has 4 aromatic rings. The van der Waals surface area contributed by atoms with E-state index in [0.717, 1.165) is 24.3 Å². The second kappa shape index (κ2) is 19.2. The van der Waals surface area contributed by atoms with E-state index in [4.69, 9.17) is 0 Å². The van der Waals surface area contributed by atoms with Crippen molar-refractivity contribution in [2.75, 3.05) is 5.32 Å². The van der Waals surface area contributed by atoms with Crippen LogP contribution in [0.25, 0.3) is 0 Å². The molecule has 5 amide bonds. The van der Waals surface area contributed by atoms with Crippen LogP contribution in [0, 0.1) is 11.3 Å². The van der Waals surface area contributed by atoms with Gasteiger partial charge in [-0.2, -0.15) is 18.4 Å². The van der Waals surface area contributed by atoms with Crippen LogP contribution in [0.4, 0.5) is 18.9 Å². The van der Waals surface area contributed by atoms with Crippen LogP contribution in [0.2, 0.25) is 0 Å². The molecule has 0 saturated heterocycles. The van der Waals surface area contributed by atoms with Gasteiger partial charge in [-0.3, -0.25) is 24.0 Å². The van der Waals surface area contributed by atoms with Gasteiger partial charge in [-0.1, -0.05) is 72.8 Å². The highest BCUT2D eigenvalue weighted by molar-refractivity contribution is 5.97. The van der Waals surface area contributed by atoms with E-state index in [0.29, 0.717) is 22.4 Å². The summed E-state index contributed by atoms with van der Waals surface area (Å²) in [6.07, 6.45) is -6.22. The highest BCUT2D eigenvalue weighted by Gasteiger charge is 2.34. The molecule has 2 aliphatic heterocycles. The van der Waals surface area contributed by atoms with Crippen molar-refractivity contribution in [1.29, 1.82) is 5.26 Å². The Kier molecular flexibility index (Phi) is 14.0. The maximum Gasteiger partial charge on any atom is 0.416 e. The number of benzene rings is 4. The van der Waals surface area contributed by atoms with Crippen LogP contribution in [0.1, 0.15) is 46.2 Å². The van der Waals surface area contributed by atoms with Crippen molar-refractivity contribution in [3.8, 4) is 6.07 Å². The van der Waals surface area contributed by atoms with Gasteiger partial charge in [-0.25, -0.2) is 4.79 Å². The third-order valence-electron chi connectivity index (χ3n) is 9.35. The number of amides is 5. The van der Waals surface area contributed by atoms with E-state index in [1.807, 2.05) is 6.07 Å². The lowest BCUT2D eigenvalue weighted by atomic mass is 9.98. The molecule has 0 spiro atoms. The van der Waals surface area contributed by atoms with Crippen molar-refractivity contribution in [2.45, 2.75) is 68.9 Å². The molecule has 0 saturated carbocycles. The third kappa shape index (κ3) is 12.0. The van der Waals surface area contributed by atoms with Crippen molar-refractivity contribution in [1.82, 2.24) is 21.3 Å². The van der Waals surface area contributed by atoms with Gasteiger partial charge in [0.2, 0.25) is 29.5 Å². The predicted molar refractivity (Wildman–Crippen MR) is 204 cm³/mol. The van der Waals surface area contributed by atoms with Gasteiger partial charge in [0.05, 0.1) is 17.2 Å². The lowest BCUT2D eigenvalue weighted by Gasteiger charge is -2.26. The number of nitriles is 1. The van der Waals surface area contributed by atoms with Gasteiger partial charge < -0.3 is 31.7 Å². The molecule has 4 atom stereocenters. The van der Waals surface area contributed by atoms with Gasteiger partial charge in [0.15, 0.2) is 0 Å². The number of carbonyl (C=O) groups excluding carboxylic acids is 5. The maximum absolute atomic E-state index is 14.2. The highest BCUT2D eigenvalue weighted by Crippen LogP contribution is 2.29. The second-order valence-corrected chi connectivity index (χ2v) is 13.7. The maximum atomic E-state index is 14.2. The Morgan fingerprint density at radius 1 is 0.655 bits per heavy atom. The van der Waals surface area contributed by atoms with Crippen LogP contribution in [-0.2, 0) is 60.6 Å². The molecule has 0 aromatic heterocycles. The number of alkyl halides is 3. The molecule has 2 heterocycles. The van der Waals surface area contributed by atoms with Gasteiger partial charge in [0.1, 0.15) is 24.2 Å². The zero-order valence-corrected chi connectivity index (χ0v) is 30.8. The number of hydrogen-bond acceptors (Lipinski definition) is 7. The van der Waals surface area contributed by atoms with Gasteiger partial charge in [0, 0.05) is 44.2 Å². The molecule has 0 aliphatic carbocycles. The number of nitrogens with one attached hydrogen (secondary N) is 5. The van der Waals surface area contributed by atoms with Gasteiger partial charge in [-0.05, 0) is 52.6 Å². The number of carboxylic acids is 1. The minimum absolute atomic E-state index is 0.121. The smallest absolute Gasteiger partial charge is 0.416 e. The first-order valence-electron chi connectivity index (χ1n) is 18.2. The zero-order chi connectivity index (χ0) is 41.8. The Hall–Kier alpha value is -7.02. The number of carboxylic acid groups (broad SMARTS) is 1. The molecule has 0 fully saturated rings. The molecular weight excluding hydrogens is 757 g/mol. The summed E-state index contributed by atoms with van der Waals surface area (Å²) >= 11 is 0. The first-order chi connectivity index (χ1) is 27.7. The summed E-state index contributed by atoms with van der Waals surface area (Å²) in [4.78, 5) is 80.7. The molecule has 6 rings (SSSR count). The van der Waals surface area contributed by atoms with E-state index in [1.165, 1.54) is 18.2 Å². The highest BCUT2D eigenvalue weighted by atomic mass is 19.4. The number of aliphatic carboxylic acids is 1. The Morgan fingerprint density at radius 2 is 1.19 bits per heavy atom. The summed E-state index contributed by atoms with van der Waals surface area (Å²) in [6.45, 7) is 0. The molecule has 2 aliphatic rings. The van der Waals surface area contributed by atoms with Crippen molar-refractivity contribution >= 4 is 41.2 Å². The molecule has 16 heteroatoms. The van der Waals surface area contributed by atoms with Crippen LogP contribution < -0.4 is 26.6 Å². The predicted octanol–water partition coefficient (Wildman–Crippen LogP) is 3.60. The summed E-state index contributed by atoms with van der Waals surface area (Å²) in [7, 11) is 0. The monoisotopic (exact) mass is 796 g/mol. The van der Waals surface area contributed by atoms with Gasteiger partial charge in [0.25, 0.3) is 0 Å². The average molecular weight is 797 g/mol. The molecule has 4 aromatic carbocycles. The van der Waals surface area contributed by atoms with E-state index >= 15 is 0 Å². The Labute approximate surface area is 331 Å². The minimum atomic E-state index is -4.65. The summed E-state index contributed by atoms with van der Waals surface area (Å²) in [6, 6.07) is 21.0. The van der Waals surface area contributed by atoms with E-state index in [-0.39, 0.29) is 49.7 Å². The summed E-state index contributed by atoms with van der Waals surface area (Å²) < 4.78 is 40.2. The molecule has 6 N–H and O–H groups in total. The van der Waals surface area contributed by atoms with Crippen LogP contribution in [-0.4, -0.2) is 64.8 Å². The van der Waals surface area contributed by atoms with Gasteiger partial charge in [-0.15, -0.1) is 0 Å². The number of rotatable bonds is 7. The fourth-order valence-corrected chi connectivity index (χ4v) is 6.26. The number of anilines is 1. The normalized spacial score (nSPS) is 19.9. The molecule has 58 heavy (non-hydrogen) atoms. The van der Waals surface area contributed by atoms with E-state index in [1.54, 1.807) is 60.7 Å². The molecular formula is C42H39F3N6O7. The molecule has 300 valence electrons. The Morgan fingerprint density at radius 3 is 1.78 bits per heavy atom. The first kappa shape index (κ1) is 42.1. The summed E-state index contributed by atoms with van der Waals surface area (Å²) in [5.74, 6) is -5.37. The van der Waals surface area contributed by atoms with Crippen LogP contribution in [0.5, 0.6) is 0 Å². The van der Waals surface area contributed by atoms with Crippen molar-refractivity contribution in [3.63, 3.8) is 0 Å². The van der Waals surface area contributed by atoms with E-state index < -0.39 is 71.4 Å². The average Bonchev–Trinajstić information content (AvgIpc) is 3.19. The largest absolute Gasteiger partial charge is 0.480 e. The fraction of sp³-hybridized carbons (Fsp3) is 0.262. The van der Waals surface area contributed by atoms with Crippen LogP contribution in [0.15, 0.2) is 103 Å². The minimum Gasteiger partial charge on any atom is -0.480 e. The molecule has 13 nitrogen and oxygen atoms in total. The van der Waals surface area contributed by atoms with Crippen LogP contribution >= 0.6 is 0 Å². The Bertz CT molecular complexity index is 2170. The lowest BCUT2D eigenvalue weighted by Crippen LogP contribution is -2.59.